The summed E-state index contributed by atoms with van der Waals surface area (Å²) < 4.78 is 2.06. The van der Waals surface area contributed by atoms with Crippen LogP contribution in [-0.4, -0.2) is 16.1 Å². The predicted molar refractivity (Wildman–Crippen MR) is 124 cm³/mol. The van der Waals surface area contributed by atoms with Gasteiger partial charge < -0.3 is 10.1 Å². The summed E-state index contributed by atoms with van der Waals surface area (Å²) in [6, 6.07) is 21.9. The van der Waals surface area contributed by atoms with Gasteiger partial charge in [-0.05, 0) is 52.4 Å². The maximum Gasteiger partial charge on any atom is 0.335 e. The SMILES string of the molecule is C[n+]1cc(-c2ccc(C(C)(C)C)cc2)cc(-c2ccc(-c3cccc(C(=O)O)c3)[nH]2)c1. The summed E-state index contributed by atoms with van der Waals surface area (Å²) in [6.07, 6.45) is 4.20. The fraction of sp³-hybridized carbons (Fsp3) is 0.185. The van der Waals surface area contributed by atoms with E-state index in [1.165, 1.54) is 11.1 Å². The molecule has 0 amide bonds. The average molecular weight is 412 g/mol. The average Bonchev–Trinajstić information content (AvgIpc) is 3.23. The van der Waals surface area contributed by atoms with Crippen molar-refractivity contribution < 1.29 is 14.5 Å². The lowest BCUT2D eigenvalue weighted by Crippen LogP contribution is -2.27. The van der Waals surface area contributed by atoms with Gasteiger partial charge in [-0.25, -0.2) is 9.36 Å². The first kappa shape index (κ1) is 20.6. The number of hydrogen-bond acceptors (Lipinski definition) is 1. The Morgan fingerprint density at radius 2 is 1.45 bits per heavy atom. The fourth-order valence-electron chi connectivity index (χ4n) is 3.74. The number of nitrogens with one attached hydrogen (secondary N) is 1. The molecule has 0 saturated heterocycles. The fourth-order valence-corrected chi connectivity index (χ4v) is 3.74. The molecule has 2 aromatic heterocycles. The van der Waals surface area contributed by atoms with E-state index >= 15 is 0 Å². The molecule has 4 heteroatoms. The number of nitrogens with zero attached hydrogens (tertiary/aromatic N) is 1. The van der Waals surface area contributed by atoms with Gasteiger partial charge in [0.25, 0.3) is 0 Å². The van der Waals surface area contributed by atoms with Crippen molar-refractivity contribution >= 4 is 5.97 Å². The van der Waals surface area contributed by atoms with E-state index in [1.807, 2.05) is 25.2 Å². The molecule has 0 saturated carbocycles. The van der Waals surface area contributed by atoms with E-state index in [-0.39, 0.29) is 11.0 Å². The number of hydrogen-bond donors (Lipinski definition) is 2. The minimum absolute atomic E-state index is 0.129. The summed E-state index contributed by atoms with van der Waals surface area (Å²) in [5, 5.41) is 9.26. The van der Waals surface area contributed by atoms with Crippen LogP contribution in [0.15, 0.2) is 79.1 Å². The molecule has 4 nitrogen and oxygen atoms in total. The van der Waals surface area contributed by atoms with E-state index in [2.05, 4.69) is 73.0 Å². The minimum Gasteiger partial charge on any atom is -0.478 e. The van der Waals surface area contributed by atoms with Gasteiger partial charge in [0.05, 0.1) is 16.8 Å². The first-order valence-electron chi connectivity index (χ1n) is 10.3. The van der Waals surface area contributed by atoms with Gasteiger partial charge in [0, 0.05) is 11.3 Å². The van der Waals surface area contributed by atoms with Gasteiger partial charge in [0.1, 0.15) is 7.05 Å². The summed E-state index contributed by atoms with van der Waals surface area (Å²) >= 11 is 0. The van der Waals surface area contributed by atoms with Crippen LogP contribution in [0, 0.1) is 0 Å². The second-order valence-corrected chi connectivity index (χ2v) is 8.98. The lowest BCUT2D eigenvalue weighted by atomic mass is 9.86. The lowest BCUT2D eigenvalue weighted by molar-refractivity contribution is -0.670. The van der Waals surface area contributed by atoms with Crippen LogP contribution in [0.5, 0.6) is 0 Å². The van der Waals surface area contributed by atoms with Gasteiger partial charge in [-0.3, -0.25) is 0 Å². The molecule has 2 N–H and O–H groups in total. The van der Waals surface area contributed by atoms with Crippen molar-refractivity contribution in [3.05, 3.63) is 90.3 Å². The Balaban J connectivity index is 1.68. The number of aromatic carboxylic acids is 1. The van der Waals surface area contributed by atoms with Crippen LogP contribution < -0.4 is 4.57 Å². The molecule has 0 radical (unpaired) electrons. The molecule has 2 heterocycles. The number of rotatable bonds is 4. The first-order chi connectivity index (χ1) is 14.7. The first-order valence-corrected chi connectivity index (χ1v) is 10.3. The molecular formula is C27H27N2O2+. The molecule has 156 valence electrons. The zero-order chi connectivity index (χ0) is 22.2. The Morgan fingerprint density at radius 3 is 2.10 bits per heavy atom. The van der Waals surface area contributed by atoms with Crippen molar-refractivity contribution in [1.82, 2.24) is 4.98 Å². The third kappa shape index (κ3) is 4.43. The number of carboxylic acid groups (broad SMARTS) is 1. The molecule has 4 aromatic rings. The van der Waals surface area contributed by atoms with Crippen LogP contribution in [0.3, 0.4) is 0 Å². The van der Waals surface area contributed by atoms with Crippen LogP contribution in [0.2, 0.25) is 0 Å². The smallest absolute Gasteiger partial charge is 0.335 e. The number of carbonyl (C=O) groups is 1. The zero-order valence-electron chi connectivity index (χ0n) is 18.3. The zero-order valence-corrected chi connectivity index (χ0v) is 18.3. The van der Waals surface area contributed by atoms with Crippen LogP contribution in [0.4, 0.5) is 0 Å². The maximum absolute atomic E-state index is 11.3. The standard InChI is InChI=1S/C27H26N2O2/c1-27(2,3)23-10-8-18(9-11-23)21-15-22(17-29(4)16-21)25-13-12-24(28-25)19-6-5-7-20(14-19)26(30)31/h5-17,28H,1-4H3/p+1. The Bertz CT molecular complexity index is 1240. The van der Waals surface area contributed by atoms with E-state index in [9.17, 15) is 9.90 Å². The van der Waals surface area contributed by atoms with E-state index < -0.39 is 5.97 Å². The molecule has 0 aliphatic carbocycles. The number of H-pyrrole nitrogens is 1. The van der Waals surface area contributed by atoms with Crippen molar-refractivity contribution in [3.8, 4) is 33.6 Å². The van der Waals surface area contributed by atoms with Gasteiger partial charge in [-0.15, -0.1) is 0 Å². The number of aryl methyl sites for hydroxylation is 1. The molecule has 0 bridgehead atoms. The van der Waals surface area contributed by atoms with Gasteiger partial charge in [0.2, 0.25) is 0 Å². The molecule has 0 aliphatic rings. The number of aromatic amines is 1. The molecule has 31 heavy (non-hydrogen) atoms. The quantitative estimate of drug-likeness (QED) is 0.415. The van der Waals surface area contributed by atoms with E-state index in [0.29, 0.717) is 0 Å². The van der Waals surface area contributed by atoms with Crippen molar-refractivity contribution in [3.63, 3.8) is 0 Å². The third-order valence-corrected chi connectivity index (χ3v) is 5.50. The number of aromatic nitrogens is 2. The van der Waals surface area contributed by atoms with Crippen molar-refractivity contribution in [1.29, 1.82) is 0 Å². The number of benzene rings is 2. The summed E-state index contributed by atoms with van der Waals surface area (Å²) in [5.41, 5.74) is 7.83. The van der Waals surface area contributed by atoms with Gasteiger partial charge in [-0.2, -0.15) is 0 Å². The third-order valence-electron chi connectivity index (χ3n) is 5.50. The molecule has 0 spiro atoms. The monoisotopic (exact) mass is 411 g/mol. The van der Waals surface area contributed by atoms with Gasteiger partial charge >= 0.3 is 5.97 Å². The lowest BCUT2D eigenvalue weighted by Gasteiger charge is -2.19. The Morgan fingerprint density at radius 1 is 0.806 bits per heavy atom. The van der Waals surface area contributed by atoms with Crippen LogP contribution >= 0.6 is 0 Å². The highest BCUT2D eigenvalue weighted by molar-refractivity contribution is 5.89. The van der Waals surface area contributed by atoms with Crippen LogP contribution in [0.1, 0.15) is 36.7 Å². The summed E-state index contributed by atoms with van der Waals surface area (Å²) in [5.74, 6) is -0.925. The van der Waals surface area contributed by atoms with Crippen LogP contribution in [-0.2, 0) is 12.5 Å². The Kier molecular flexibility index (Phi) is 5.24. The number of carboxylic acids is 1. The molecular weight excluding hydrogens is 384 g/mol. The van der Waals surface area contributed by atoms with Gasteiger partial charge in [0.15, 0.2) is 12.4 Å². The molecule has 0 fully saturated rings. The molecule has 2 aromatic carbocycles. The highest BCUT2D eigenvalue weighted by atomic mass is 16.4. The predicted octanol–water partition coefficient (Wildman–Crippen LogP) is 5.84. The largest absolute Gasteiger partial charge is 0.478 e. The minimum atomic E-state index is -0.925. The second kappa shape index (κ2) is 7.88. The Labute approximate surface area is 182 Å². The van der Waals surface area contributed by atoms with E-state index in [4.69, 9.17) is 0 Å². The molecule has 4 rings (SSSR count). The van der Waals surface area contributed by atoms with Crippen molar-refractivity contribution in [2.75, 3.05) is 0 Å². The summed E-state index contributed by atoms with van der Waals surface area (Å²) in [6.45, 7) is 6.66. The summed E-state index contributed by atoms with van der Waals surface area (Å²) in [7, 11) is 2.02. The molecule has 0 atom stereocenters. The van der Waals surface area contributed by atoms with Crippen molar-refractivity contribution in [2.24, 2.45) is 7.05 Å². The highest BCUT2D eigenvalue weighted by Crippen LogP contribution is 2.29. The number of pyridine rings is 1. The molecule has 0 unspecified atom stereocenters. The Hall–Kier alpha value is -3.66. The highest BCUT2D eigenvalue weighted by Gasteiger charge is 2.15. The van der Waals surface area contributed by atoms with Gasteiger partial charge in [-0.1, -0.05) is 57.2 Å². The normalized spacial score (nSPS) is 11.5. The van der Waals surface area contributed by atoms with Crippen LogP contribution in [0.25, 0.3) is 33.6 Å². The van der Waals surface area contributed by atoms with E-state index in [1.54, 1.807) is 18.2 Å². The summed E-state index contributed by atoms with van der Waals surface area (Å²) in [4.78, 5) is 14.7. The topological polar surface area (TPSA) is 57.0 Å². The second-order valence-electron chi connectivity index (χ2n) is 8.98. The molecule has 0 aliphatic heterocycles. The maximum atomic E-state index is 11.3. The van der Waals surface area contributed by atoms with E-state index in [0.717, 1.165) is 28.1 Å². The van der Waals surface area contributed by atoms with Crippen molar-refractivity contribution in [2.45, 2.75) is 26.2 Å².